The van der Waals surface area contributed by atoms with Crippen LogP contribution >= 0.6 is 11.8 Å². The molecular formula is C17H21NO2S. The van der Waals surface area contributed by atoms with Gasteiger partial charge in [-0.05, 0) is 41.8 Å². The molecule has 2 rings (SSSR count). The zero-order valence-electron chi connectivity index (χ0n) is 12.4. The van der Waals surface area contributed by atoms with Gasteiger partial charge >= 0.3 is 0 Å². The van der Waals surface area contributed by atoms with Crippen molar-refractivity contribution in [1.82, 2.24) is 5.32 Å². The van der Waals surface area contributed by atoms with Crippen molar-refractivity contribution < 1.29 is 9.59 Å². The first-order valence-electron chi connectivity index (χ1n) is 7.53. The Bertz CT molecular complexity index is 534. The van der Waals surface area contributed by atoms with Gasteiger partial charge in [0.05, 0.1) is 4.91 Å². The highest BCUT2D eigenvalue weighted by molar-refractivity contribution is 8.18. The summed E-state index contributed by atoms with van der Waals surface area (Å²) in [6.07, 6.45) is 9.30. The Morgan fingerprint density at radius 3 is 2.38 bits per heavy atom. The number of amides is 2. The number of unbranched alkanes of at least 4 members (excludes halogenated alkanes) is 4. The Morgan fingerprint density at radius 1 is 1.05 bits per heavy atom. The van der Waals surface area contributed by atoms with Crippen molar-refractivity contribution in [2.24, 2.45) is 0 Å². The number of hydrogen-bond acceptors (Lipinski definition) is 3. The van der Waals surface area contributed by atoms with Crippen LogP contribution in [-0.4, -0.2) is 11.1 Å². The molecule has 1 aliphatic heterocycles. The van der Waals surface area contributed by atoms with Crippen LogP contribution in [0.15, 0.2) is 29.2 Å². The maximum absolute atomic E-state index is 11.5. The van der Waals surface area contributed by atoms with Gasteiger partial charge in [-0.15, -0.1) is 0 Å². The molecule has 1 aromatic rings. The summed E-state index contributed by atoms with van der Waals surface area (Å²) in [5.74, 6) is -0.301. The highest BCUT2D eigenvalue weighted by Crippen LogP contribution is 2.25. The average Bonchev–Trinajstić information content (AvgIpc) is 2.78. The number of thioether (sulfide) groups is 1. The Labute approximate surface area is 130 Å². The molecular weight excluding hydrogens is 282 g/mol. The maximum Gasteiger partial charge on any atom is 0.290 e. The van der Waals surface area contributed by atoms with Gasteiger partial charge in [-0.25, -0.2) is 0 Å². The molecule has 0 bridgehead atoms. The first-order valence-corrected chi connectivity index (χ1v) is 8.34. The summed E-state index contributed by atoms with van der Waals surface area (Å²) in [5, 5.41) is 1.96. The number of aryl methyl sites for hydroxylation is 1. The largest absolute Gasteiger partial charge is 0.290 e. The van der Waals surface area contributed by atoms with Crippen LogP contribution < -0.4 is 5.32 Å². The van der Waals surface area contributed by atoms with E-state index in [0.29, 0.717) is 4.91 Å². The van der Waals surface area contributed by atoms with Crippen LogP contribution in [0.2, 0.25) is 0 Å². The molecule has 1 fully saturated rings. The van der Waals surface area contributed by atoms with Gasteiger partial charge < -0.3 is 0 Å². The fourth-order valence-corrected chi connectivity index (χ4v) is 2.97. The molecule has 1 saturated heterocycles. The van der Waals surface area contributed by atoms with Crippen molar-refractivity contribution in [1.29, 1.82) is 0 Å². The fourth-order valence-electron chi connectivity index (χ4n) is 2.29. The summed E-state index contributed by atoms with van der Waals surface area (Å²) in [5.41, 5.74) is 2.28. The highest BCUT2D eigenvalue weighted by Gasteiger charge is 2.24. The molecule has 1 heterocycles. The monoisotopic (exact) mass is 303 g/mol. The van der Waals surface area contributed by atoms with Crippen LogP contribution in [0, 0.1) is 0 Å². The van der Waals surface area contributed by atoms with E-state index in [0.717, 1.165) is 23.7 Å². The molecule has 0 spiro atoms. The van der Waals surface area contributed by atoms with Gasteiger partial charge in [-0.3, -0.25) is 14.9 Å². The predicted molar refractivity (Wildman–Crippen MR) is 88.0 cm³/mol. The lowest BCUT2D eigenvalue weighted by Gasteiger charge is -2.02. The molecule has 0 aromatic heterocycles. The Kier molecular flexibility index (Phi) is 6.05. The van der Waals surface area contributed by atoms with E-state index < -0.39 is 0 Å². The van der Waals surface area contributed by atoms with Gasteiger partial charge in [0.1, 0.15) is 0 Å². The second kappa shape index (κ2) is 8.03. The summed E-state index contributed by atoms with van der Waals surface area (Å²) in [4.78, 5) is 23.0. The predicted octanol–water partition coefficient (Wildman–Crippen LogP) is 4.52. The Hall–Kier alpha value is -1.55. The van der Waals surface area contributed by atoms with E-state index in [1.807, 2.05) is 12.1 Å². The van der Waals surface area contributed by atoms with E-state index in [4.69, 9.17) is 0 Å². The third-order valence-corrected chi connectivity index (χ3v) is 4.30. The molecule has 1 aromatic carbocycles. The molecule has 4 heteroatoms. The zero-order valence-corrected chi connectivity index (χ0v) is 13.2. The SMILES string of the molecule is CCCCCCCc1ccc(/C=C2\SC(=O)NC2=O)cc1. The Balaban J connectivity index is 1.86. The highest BCUT2D eigenvalue weighted by atomic mass is 32.2. The van der Waals surface area contributed by atoms with Crippen LogP contribution in [0.5, 0.6) is 0 Å². The summed E-state index contributed by atoms with van der Waals surface area (Å²) in [6.45, 7) is 2.23. The molecule has 0 saturated carbocycles. The molecule has 0 radical (unpaired) electrons. The first-order chi connectivity index (χ1) is 10.2. The molecule has 0 aliphatic carbocycles. The van der Waals surface area contributed by atoms with Crippen LogP contribution in [0.4, 0.5) is 4.79 Å². The maximum atomic E-state index is 11.5. The normalized spacial score (nSPS) is 16.5. The summed E-state index contributed by atoms with van der Waals surface area (Å²) in [7, 11) is 0. The summed E-state index contributed by atoms with van der Waals surface area (Å²) >= 11 is 0.956. The number of carbonyl (C=O) groups is 2. The standard InChI is InChI=1S/C17H21NO2S/c1-2-3-4-5-6-7-13-8-10-14(11-9-13)12-15-16(19)18-17(20)21-15/h8-12H,2-7H2,1H3,(H,18,19,20)/b15-12-. The van der Waals surface area contributed by atoms with E-state index in [9.17, 15) is 9.59 Å². The number of nitrogens with one attached hydrogen (secondary N) is 1. The number of carbonyl (C=O) groups excluding carboxylic acids is 2. The molecule has 21 heavy (non-hydrogen) atoms. The lowest BCUT2D eigenvalue weighted by atomic mass is 10.0. The number of imide groups is 1. The van der Waals surface area contributed by atoms with Crippen LogP contribution in [0.3, 0.4) is 0 Å². The minimum atomic E-state index is -0.301. The van der Waals surface area contributed by atoms with E-state index in [1.54, 1.807) is 6.08 Å². The smallest absolute Gasteiger partial charge is 0.282 e. The molecule has 0 unspecified atom stereocenters. The second-order valence-corrected chi connectivity index (χ2v) is 6.27. The van der Waals surface area contributed by atoms with E-state index in [2.05, 4.69) is 24.4 Å². The quantitative estimate of drug-likeness (QED) is 0.595. The van der Waals surface area contributed by atoms with Gasteiger partial charge in [0, 0.05) is 0 Å². The molecule has 0 atom stereocenters. The lowest BCUT2D eigenvalue weighted by Crippen LogP contribution is -2.17. The van der Waals surface area contributed by atoms with Crippen molar-refractivity contribution in [2.45, 2.75) is 45.4 Å². The Morgan fingerprint density at radius 2 is 1.76 bits per heavy atom. The molecule has 1 aliphatic rings. The zero-order chi connectivity index (χ0) is 15.1. The van der Waals surface area contributed by atoms with Crippen LogP contribution in [0.25, 0.3) is 6.08 Å². The fraction of sp³-hybridized carbons (Fsp3) is 0.412. The molecule has 1 N–H and O–H groups in total. The van der Waals surface area contributed by atoms with E-state index in [-0.39, 0.29) is 11.1 Å². The van der Waals surface area contributed by atoms with Crippen molar-refractivity contribution in [3.63, 3.8) is 0 Å². The van der Waals surface area contributed by atoms with Gasteiger partial charge in [-0.1, -0.05) is 56.9 Å². The number of benzene rings is 1. The molecule has 112 valence electrons. The minimum Gasteiger partial charge on any atom is -0.282 e. The lowest BCUT2D eigenvalue weighted by molar-refractivity contribution is -0.115. The van der Waals surface area contributed by atoms with Gasteiger partial charge in [0.2, 0.25) is 0 Å². The van der Waals surface area contributed by atoms with Gasteiger partial charge in [-0.2, -0.15) is 0 Å². The van der Waals surface area contributed by atoms with Crippen molar-refractivity contribution in [3.8, 4) is 0 Å². The van der Waals surface area contributed by atoms with Crippen molar-refractivity contribution >= 4 is 29.0 Å². The molecule has 2 amide bonds. The third kappa shape index (κ3) is 5.05. The van der Waals surface area contributed by atoms with Gasteiger partial charge in [0.25, 0.3) is 11.1 Å². The average molecular weight is 303 g/mol. The minimum absolute atomic E-state index is 0.296. The summed E-state index contributed by atoms with van der Waals surface area (Å²) < 4.78 is 0. The third-order valence-electron chi connectivity index (χ3n) is 3.49. The van der Waals surface area contributed by atoms with E-state index >= 15 is 0 Å². The van der Waals surface area contributed by atoms with Gasteiger partial charge in [0.15, 0.2) is 0 Å². The first kappa shape index (κ1) is 15.8. The summed E-state index contributed by atoms with van der Waals surface area (Å²) in [6, 6.07) is 8.22. The number of rotatable bonds is 7. The second-order valence-electron chi connectivity index (χ2n) is 5.26. The van der Waals surface area contributed by atoms with Crippen LogP contribution in [0.1, 0.15) is 50.2 Å². The van der Waals surface area contributed by atoms with Crippen LogP contribution in [-0.2, 0) is 11.2 Å². The van der Waals surface area contributed by atoms with E-state index in [1.165, 1.54) is 37.7 Å². The van der Waals surface area contributed by atoms with Crippen molar-refractivity contribution in [3.05, 3.63) is 40.3 Å². The topological polar surface area (TPSA) is 46.2 Å². The van der Waals surface area contributed by atoms with Crippen molar-refractivity contribution in [2.75, 3.05) is 0 Å². The molecule has 3 nitrogen and oxygen atoms in total. The number of hydrogen-bond donors (Lipinski definition) is 1.